The highest BCUT2D eigenvalue weighted by Crippen LogP contribution is 2.49. The van der Waals surface area contributed by atoms with Crippen LogP contribution >= 0.6 is 23.2 Å². The second kappa shape index (κ2) is 8.12. The molecule has 0 radical (unpaired) electrons. The first-order valence-corrected chi connectivity index (χ1v) is 9.24. The number of hydrogen-bond donors (Lipinski definition) is 2. The Morgan fingerprint density at radius 3 is 2.72 bits per heavy atom. The summed E-state index contributed by atoms with van der Waals surface area (Å²) in [6.45, 7) is 7.43. The second-order valence-corrected chi connectivity index (χ2v) is 7.72. The van der Waals surface area contributed by atoms with E-state index in [1.807, 2.05) is 20.8 Å². The number of rotatable bonds is 8. The average Bonchev–Trinajstić information content (AvgIpc) is 2.55. The van der Waals surface area contributed by atoms with Crippen LogP contribution in [0, 0.1) is 5.41 Å². The summed E-state index contributed by atoms with van der Waals surface area (Å²) < 4.78 is 11.2. The van der Waals surface area contributed by atoms with Crippen LogP contribution < -0.4 is 15.8 Å². The largest absolute Gasteiger partial charge is 0.492 e. The highest BCUT2D eigenvalue weighted by molar-refractivity contribution is 6.35. The van der Waals surface area contributed by atoms with Gasteiger partial charge in [0.15, 0.2) is 0 Å². The van der Waals surface area contributed by atoms with Gasteiger partial charge in [-0.15, -0.1) is 0 Å². The summed E-state index contributed by atoms with van der Waals surface area (Å²) in [4.78, 5) is 12.5. The predicted octanol–water partition coefficient (Wildman–Crippen LogP) is 3.41. The zero-order valence-corrected chi connectivity index (χ0v) is 16.4. The molecule has 0 spiro atoms. The van der Waals surface area contributed by atoms with Crippen LogP contribution in [-0.2, 0) is 9.53 Å². The summed E-state index contributed by atoms with van der Waals surface area (Å²) in [6, 6.07) is 5.07. The minimum atomic E-state index is -0.896. The Hall–Kier alpha value is -1.01. The number of benzene rings is 1. The molecule has 1 aromatic rings. The van der Waals surface area contributed by atoms with E-state index in [9.17, 15) is 4.79 Å². The van der Waals surface area contributed by atoms with Gasteiger partial charge in [0.05, 0.1) is 17.7 Å². The van der Waals surface area contributed by atoms with Gasteiger partial charge in [-0.1, -0.05) is 37.0 Å². The number of nitrogens with one attached hydrogen (secondary N) is 1. The maximum Gasteiger partial charge on any atom is 0.240 e. The Balaban J connectivity index is 1.74. The molecule has 25 heavy (non-hydrogen) atoms. The summed E-state index contributed by atoms with van der Waals surface area (Å²) in [5, 5.41) is 3.93. The van der Waals surface area contributed by atoms with Crippen LogP contribution in [0.1, 0.15) is 33.6 Å². The van der Waals surface area contributed by atoms with Gasteiger partial charge in [0.2, 0.25) is 5.91 Å². The Morgan fingerprint density at radius 1 is 1.40 bits per heavy atom. The number of hydrogen-bond acceptors (Lipinski definition) is 4. The molecular formula is C18H26Cl2N2O3. The van der Waals surface area contributed by atoms with Crippen LogP contribution in [0.3, 0.4) is 0 Å². The van der Waals surface area contributed by atoms with E-state index in [0.717, 1.165) is 0 Å². The fourth-order valence-electron chi connectivity index (χ4n) is 3.03. The smallest absolute Gasteiger partial charge is 0.240 e. The molecule has 0 bridgehead atoms. The van der Waals surface area contributed by atoms with E-state index in [-0.39, 0.29) is 17.4 Å². The van der Waals surface area contributed by atoms with Gasteiger partial charge in [-0.25, -0.2) is 0 Å². The lowest BCUT2D eigenvalue weighted by Gasteiger charge is -2.57. The molecule has 0 aromatic heterocycles. The van der Waals surface area contributed by atoms with Gasteiger partial charge < -0.3 is 20.5 Å². The molecule has 2 rings (SSSR count). The fourth-order valence-corrected chi connectivity index (χ4v) is 3.49. The van der Waals surface area contributed by atoms with Crippen molar-refractivity contribution >= 4 is 29.1 Å². The first-order chi connectivity index (χ1) is 11.7. The highest BCUT2D eigenvalue weighted by Gasteiger charge is 2.62. The van der Waals surface area contributed by atoms with E-state index in [1.165, 1.54) is 0 Å². The normalized spacial score (nSPS) is 24.5. The van der Waals surface area contributed by atoms with Crippen molar-refractivity contribution in [3.63, 3.8) is 0 Å². The Labute approximate surface area is 159 Å². The number of ether oxygens (including phenoxy) is 2. The maximum absolute atomic E-state index is 12.5. The number of carbonyl (C=O) groups excluding carboxylic acids is 1. The number of halogens is 2. The van der Waals surface area contributed by atoms with E-state index >= 15 is 0 Å². The van der Waals surface area contributed by atoms with Crippen LogP contribution in [0.15, 0.2) is 18.2 Å². The van der Waals surface area contributed by atoms with E-state index < -0.39 is 5.54 Å². The van der Waals surface area contributed by atoms with Gasteiger partial charge in [0.1, 0.15) is 11.3 Å². The first kappa shape index (κ1) is 20.3. The van der Waals surface area contributed by atoms with Crippen LogP contribution in [0.4, 0.5) is 0 Å². The molecule has 1 aliphatic rings. The van der Waals surface area contributed by atoms with Gasteiger partial charge in [0, 0.05) is 30.0 Å². The molecule has 3 N–H and O–H groups in total. The zero-order valence-electron chi connectivity index (χ0n) is 14.9. The monoisotopic (exact) mass is 388 g/mol. The third-order valence-electron chi connectivity index (χ3n) is 4.99. The summed E-state index contributed by atoms with van der Waals surface area (Å²) in [5.74, 6) is 0.436. The average molecular weight is 389 g/mol. The Bertz CT molecular complexity index is 624. The molecule has 1 aromatic carbocycles. The summed E-state index contributed by atoms with van der Waals surface area (Å²) in [7, 11) is 0. The van der Waals surface area contributed by atoms with Crippen molar-refractivity contribution in [2.75, 3.05) is 19.8 Å². The fraction of sp³-hybridized carbons (Fsp3) is 0.611. The SMILES string of the molecule is CCOC1CC(N)(C(=O)NCCCOc2ccc(Cl)cc2Cl)C1(C)C. The summed E-state index contributed by atoms with van der Waals surface area (Å²) in [5.41, 5.74) is 5.05. The standard InChI is InChI=1S/C18H26Cl2N2O3/c1-4-24-15-11-18(21,17(15,2)3)16(23)22-8-5-9-25-14-7-6-12(19)10-13(14)20/h6-7,10,15H,4-5,8-9,11,21H2,1-3H3,(H,22,23). The first-order valence-electron chi connectivity index (χ1n) is 8.49. The second-order valence-electron chi connectivity index (χ2n) is 6.87. The van der Waals surface area contributed by atoms with Crippen LogP contribution in [0.25, 0.3) is 0 Å². The molecule has 5 nitrogen and oxygen atoms in total. The number of nitrogens with two attached hydrogens (primary N) is 1. The lowest BCUT2D eigenvalue weighted by molar-refractivity contribution is -0.170. The van der Waals surface area contributed by atoms with Crippen molar-refractivity contribution < 1.29 is 14.3 Å². The minimum absolute atomic E-state index is 0.0172. The van der Waals surface area contributed by atoms with Crippen LogP contribution in [-0.4, -0.2) is 37.3 Å². The third-order valence-corrected chi connectivity index (χ3v) is 5.52. The molecule has 0 aliphatic heterocycles. The van der Waals surface area contributed by atoms with Gasteiger partial charge in [-0.2, -0.15) is 0 Å². The molecule has 0 saturated heterocycles. The molecule has 1 aliphatic carbocycles. The van der Waals surface area contributed by atoms with E-state index in [1.54, 1.807) is 18.2 Å². The van der Waals surface area contributed by atoms with E-state index in [2.05, 4.69) is 5.32 Å². The highest BCUT2D eigenvalue weighted by atomic mass is 35.5. The predicted molar refractivity (Wildman–Crippen MR) is 100 cm³/mol. The zero-order chi connectivity index (χ0) is 18.7. The van der Waals surface area contributed by atoms with Crippen LogP contribution in [0.5, 0.6) is 5.75 Å². The quantitative estimate of drug-likeness (QED) is 0.669. The maximum atomic E-state index is 12.5. The van der Waals surface area contributed by atoms with Gasteiger partial charge >= 0.3 is 0 Å². The Morgan fingerprint density at radius 2 is 2.12 bits per heavy atom. The van der Waals surface area contributed by atoms with Crippen molar-refractivity contribution in [1.82, 2.24) is 5.32 Å². The van der Waals surface area contributed by atoms with Crippen molar-refractivity contribution in [1.29, 1.82) is 0 Å². The topological polar surface area (TPSA) is 73.6 Å². The lowest BCUT2D eigenvalue weighted by atomic mass is 9.54. The third kappa shape index (κ3) is 4.22. The molecule has 7 heteroatoms. The molecule has 0 heterocycles. The lowest BCUT2D eigenvalue weighted by Crippen LogP contribution is -2.75. The van der Waals surface area contributed by atoms with Crippen molar-refractivity contribution in [2.24, 2.45) is 11.1 Å². The molecule has 1 saturated carbocycles. The van der Waals surface area contributed by atoms with Gasteiger partial charge in [-0.3, -0.25) is 4.79 Å². The molecule has 140 valence electrons. The molecule has 2 atom stereocenters. The summed E-state index contributed by atoms with van der Waals surface area (Å²) in [6.07, 6.45) is 1.20. The van der Waals surface area contributed by atoms with E-state index in [4.69, 9.17) is 38.4 Å². The van der Waals surface area contributed by atoms with Gasteiger partial charge in [-0.05, 0) is 31.5 Å². The number of carbonyl (C=O) groups is 1. The molecule has 1 amide bonds. The van der Waals surface area contributed by atoms with Crippen molar-refractivity contribution in [2.45, 2.75) is 45.3 Å². The van der Waals surface area contributed by atoms with Crippen molar-refractivity contribution in [3.8, 4) is 5.75 Å². The van der Waals surface area contributed by atoms with Crippen molar-refractivity contribution in [3.05, 3.63) is 28.2 Å². The summed E-state index contributed by atoms with van der Waals surface area (Å²) >= 11 is 11.9. The minimum Gasteiger partial charge on any atom is -0.492 e. The Kier molecular flexibility index (Phi) is 6.60. The molecular weight excluding hydrogens is 363 g/mol. The number of amides is 1. The molecule has 2 unspecified atom stereocenters. The van der Waals surface area contributed by atoms with Gasteiger partial charge in [0.25, 0.3) is 0 Å². The molecule has 1 fully saturated rings. The van der Waals surface area contributed by atoms with E-state index in [0.29, 0.717) is 48.4 Å². The van der Waals surface area contributed by atoms with Crippen LogP contribution in [0.2, 0.25) is 10.0 Å².